The molecule has 25 heavy (non-hydrogen) atoms. The average molecular weight is 338 g/mol. The average Bonchev–Trinajstić information content (AvgIpc) is 3.16. The smallest absolute Gasteiger partial charge is 0.297 e. The van der Waals surface area contributed by atoms with Crippen LogP contribution >= 0.6 is 0 Å². The first kappa shape index (κ1) is 14.8. The SMILES string of the molecule is O=[N+]([O-])c1cccc2[nH]c(Cc3nc4c([N+](=O)[O-])cccc4[nH]3)nc12. The molecule has 0 aliphatic rings. The molecule has 0 amide bonds. The van der Waals surface area contributed by atoms with E-state index in [1.165, 1.54) is 12.1 Å². The Morgan fingerprint density at radius 1 is 0.800 bits per heavy atom. The van der Waals surface area contributed by atoms with Crippen LogP contribution in [0.15, 0.2) is 36.4 Å². The van der Waals surface area contributed by atoms with Crippen LogP contribution in [0.1, 0.15) is 11.6 Å². The highest BCUT2D eigenvalue weighted by Crippen LogP contribution is 2.26. The Kier molecular flexibility index (Phi) is 3.17. The second kappa shape index (κ2) is 5.37. The quantitative estimate of drug-likeness (QED) is 0.432. The van der Waals surface area contributed by atoms with Gasteiger partial charge in [-0.1, -0.05) is 12.1 Å². The summed E-state index contributed by atoms with van der Waals surface area (Å²) in [6.07, 6.45) is 0.234. The molecule has 0 atom stereocenters. The number of nitrogens with one attached hydrogen (secondary N) is 2. The monoisotopic (exact) mass is 338 g/mol. The van der Waals surface area contributed by atoms with E-state index in [-0.39, 0.29) is 28.8 Å². The minimum atomic E-state index is -0.489. The second-order valence-electron chi connectivity index (χ2n) is 5.40. The van der Waals surface area contributed by atoms with E-state index in [1.54, 1.807) is 24.3 Å². The van der Waals surface area contributed by atoms with Crippen LogP contribution in [0.25, 0.3) is 22.1 Å². The number of aromatic nitrogens is 4. The fourth-order valence-electron chi connectivity index (χ4n) is 2.76. The summed E-state index contributed by atoms with van der Waals surface area (Å²) in [6, 6.07) is 9.32. The van der Waals surface area contributed by atoms with Crippen LogP contribution in [-0.4, -0.2) is 29.8 Å². The summed E-state index contributed by atoms with van der Waals surface area (Å²) in [5, 5.41) is 22.1. The van der Waals surface area contributed by atoms with Crippen LogP contribution in [0.2, 0.25) is 0 Å². The number of rotatable bonds is 4. The second-order valence-corrected chi connectivity index (χ2v) is 5.40. The fourth-order valence-corrected chi connectivity index (χ4v) is 2.76. The van der Waals surface area contributed by atoms with E-state index in [1.807, 2.05) is 0 Å². The van der Waals surface area contributed by atoms with Gasteiger partial charge in [-0.3, -0.25) is 20.2 Å². The van der Waals surface area contributed by atoms with E-state index in [9.17, 15) is 20.2 Å². The number of nitrogens with zero attached hydrogens (tertiary/aromatic N) is 4. The van der Waals surface area contributed by atoms with Crippen LogP contribution in [0, 0.1) is 20.2 Å². The Morgan fingerprint density at radius 2 is 1.24 bits per heavy atom. The maximum Gasteiger partial charge on any atom is 0.297 e. The number of hydrogen-bond acceptors (Lipinski definition) is 6. The third-order valence-corrected chi connectivity index (χ3v) is 3.81. The molecule has 4 rings (SSSR count). The van der Waals surface area contributed by atoms with E-state index >= 15 is 0 Å². The Morgan fingerprint density at radius 3 is 1.64 bits per heavy atom. The third-order valence-electron chi connectivity index (χ3n) is 3.81. The summed E-state index contributed by atoms with van der Waals surface area (Å²) in [5.74, 6) is 0.956. The van der Waals surface area contributed by atoms with Gasteiger partial charge in [-0.25, -0.2) is 9.97 Å². The van der Waals surface area contributed by atoms with Gasteiger partial charge in [-0.05, 0) is 12.1 Å². The van der Waals surface area contributed by atoms with Crippen molar-refractivity contribution < 1.29 is 9.85 Å². The van der Waals surface area contributed by atoms with Crippen molar-refractivity contribution in [2.75, 3.05) is 0 Å². The molecule has 0 aliphatic heterocycles. The van der Waals surface area contributed by atoms with Gasteiger partial charge in [0.1, 0.15) is 11.6 Å². The molecule has 0 saturated carbocycles. The van der Waals surface area contributed by atoms with Crippen LogP contribution in [0.5, 0.6) is 0 Å². The maximum absolute atomic E-state index is 11.1. The van der Waals surface area contributed by atoms with Gasteiger partial charge in [-0.15, -0.1) is 0 Å². The molecule has 0 saturated heterocycles. The number of fused-ring (bicyclic) bond motifs is 2. The molecular formula is C15H10N6O4. The molecular weight excluding hydrogens is 328 g/mol. The maximum atomic E-state index is 11.1. The topological polar surface area (TPSA) is 144 Å². The van der Waals surface area contributed by atoms with Gasteiger partial charge in [0, 0.05) is 12.1 Å². The molecule has 10 heteroatoms. The van der Waals surface area contributed by atoms with E-state index in [4.69, 9.17) is 0 Å². The minimum Gasteiger partial charge on any atom is -0.341 e. The highest BCUT2D eigenvalue weighted by Gasteiger charge is 2.18. The summed E-state index contributed by atoms with van der Waals surface area (Å²) in [4.78, 5) is 35.7. The Labute approximate surface area is 138 Å². The molecule has 0 unspecified atom stereocenters. The molecule has 2 heterocycles. The Hall–Kier alpha value is -3.82. The van der Waals surface area contributed by atoms with Crippen LogP contribution in [-0.2, 0) is 6.42 Å². The zero-order valence-corrected chi connectivity index (χ0v) is 12.6. The fraction of sp³-hybridized carbons (Fsp3) is 0.0667. The first-order chi connectivity index (χ1) is 12.0. The summed E-state index contributed by atoms with van der Waals surface area (Å²) in [6.45, 7) is 0. The number of non-ortho nitro benzene ring substituents is 2. The molecule has 2 aromatic heterocycles. The third kappa shape index (κ3) is 2.45. The highest BCUT2D eigenvalue weighted by atomic mass is 16.6. The van der Waals surface area contributed by atoms with E-state index in [2.05, 4.69) is 19.9 Å². The number of hydrogen-bond donors (Lipinski definition) is 2. The summed E-state index contributed by atoms with van der Waals surface area (Å²) < 4.78 is 0. The molecule has 0 radical (unpaired) electrons. The minimum absolute atomic E-state index is 0.0831. The predicted molar refractivity (Wildman–Crippen MR) is 88.3 cm³/mol. The lowest BCUT2D eigenvalue weighted by atomic mass is 10.3. The van der Waals surface area contributed by atoms with Gasteiger partial charge in [-0.2, -0.15) is 0 Å². The molecule has 2 N–H and O–H groups in total. The van der Waals surface area contributed by atoms with Crippen molar-refractivity contribution in [3.8, 4) is 0 Å². The summed E-state index contributed by atoms with van der Waals surface area (Å²) >= 11 is 0. The largest absolute Gasteiger partial charge is 0.341 e. The Bertz CT molecular complexity index is 1060. The van der Waals surface area contributed by atoms with Crippen molar-refractivity contribution in [1.29, 1.82) is 0 Å². The number of nitro groups is 2. The molecule has 4 aromatic rings. The predicted octanol–water partition coefficient (Wildman–Crippen LogP) is 2.85. The zero-order valence-electron chi connectivity index (χ0n) is 12.6. The number of benzene rings is 2. The van der Waals surface area contributed by atoms with Crippen molar-refractivity contribution in [2.45, 2.75) is 6.42 Å². The van der Waals surface area contributed by atoms with Gasteiger partial charge < -0.3 is 9.97 Å². The van der Waals surface area contributed by atoms with Gasteiger partial charge >= 0.3 is 0 Å². The molecule has 0 spiro atoms. The lowest BCUT2D eigenvalue weighted by Gasteiger charge is -1.91. The first-order valence-electron chi connectivity index (χ1n) is 7.27. The van der Waals surface area contributed by atoms with Crippen molar-refractivity contribution >= 4 is 33.4 Å². The van der Waals surface area contributed by atoms with Crippen molar-refractivity contribution in [3.63, 3.8) is 0 Å². The van der Waals surface area contributed by atoms with Crippen LogP contribution in [0.4, 0.5) is 11.4 Å². The van der Waals surface area contributed by atoms with E-state index < -0.39 is 9.85 Å². The lowest BCUT2D eigenvalue weighted by molar-refractivity contribution is -0.383. The molecule has 124 valence electrons. The number of aromatic amines is 2. The lowest BCUT2D eigenvalue weighted by Crippen LogP contribution is -1.93. The first-order valence-corrected chi connectivity index (χ1v) is 7.27. The van der Waals surface area contributed by atoms with Crippen LogP contribution < -0.4 is 0 Å². The van der Waals surface area contributed by atoms with Crippen molar-refractivity contribution in [2.24, 2.45) is 0 Å². The number of nitro benzene ring substituents is 2. The van der Waals surface area contributed by atoms with Gasteiger partial charge in [0.25, 0.3) is 11.4 Å². The van der Waals surface area contributed by atoms with Crippen molar-refractivity contribution in [3.05, 3.63) is 68.3 Å². The zero-order chi connectivity index (χ0) is 17.6. The normalized spacial score (nSPS) is 11.2. The summed E-state index contributed by atoms with van der Waals surface area (Å²) in [5.41, 5.74) is 1.47. The molecule has 0 aliphatic carbocycles. The van der Waals surface area contributed by atoms with Gasteiger partial charge in [0.15, 0.2) is 11.0 Å². The van der Waals surface area contributed by atoms with Crippen LogP contribution in [0.3, 0.4) is 0 Å². The standard InChI is InChI=1S/C15H10N6O4/c22-20(23)10-5-1-3-8-14(10)18-12(16-8)7-13-17-9-4-2-6-11(21(24)25)15(9)19-13/h1-6H,7H2,(H,16,18)(H,17,19). The van der Waals surface area contributed by atoms with Gasteiger partial charge in [0.2, 0.25) is 0 Å². The molecule has 2 aromatic carbocycles. The highest BCUT2D eigenvalue weighted by molar-refractivity contribution is 5.85. The number of para-hydroxylation sites is 2. The molecule has 10 nitrogen and oxygen atoms in total. The van der Waals surface area contributed by atoms with E-state index in [0.29, 0.717) is 22.7 Å². The Balaban J connectivity index is 1.75. The summed E-state index contributed by atoms with van der Waals surface area (Å²) in [7, 11) is 0. The number of H-pyrrole nitrogens is 2. The van der Waals surface area contributed by atoms with Gasteiger partial charge in [0.05, 0.1) is 27.3 Å². The molecule has 0 bridgehead atoms. The van der Waals surface area contributed by atoms with E-state index in [0.717, 1.165) is 0 Å². The van der Waals surface area contributed by atoms with Crippen molar-refractivity contribution in [1.82, 2.24) is 19.9 Å². The number of imidazole rings is 2. The molecule has 0 fully saturated rings.